The van der Waals surface area contributed by atoms with Crippen LogP contribution in [0.4, 0.5) is 0 Å². The molecule has 0 aliphatic heterocycles. The summed E-state index contributed by atoms with van der Waals surface area (Å²) in [6.07, 6.45) is 1.70. The number of benzene rings is 2. The molecule has 2 rings (SSSR count). The molecule has 1 amide bonds. The Morgan fingerprint density at radius 3 is 2.31 bits per heavy atom. The minimum Gasteiger partial charge on any atom is -0.493 e. The van der Waals surface area contributed by atoms with Gasteiger partial charge in [0.15, 0.2) is 19.8 Å². The molecule has 0 aromatic heterocycles. The van der Waals surface area contributed by atoms with Crippen molar-refractivity contribution in [2.24, 2.45) is 0 Å². The van der Waals surface area contributed by atoms with E-state index < -0.39 is 8.32 Å². The molecule has 0 aliphatic carbocycles. The van der Waals surface area contributed by atoms with Crippen LogP contribution in [0.25, 0.3) is 0 Å². The first-order chi connectivity index (χ1) is 15.0. The van der Waals surface area contributed by atoms with E-state index in [-0.39, 0.29) is 17.0 Å². The third kappa shape index (κ3) is 6.59. The summed E-state index contributed by atoms with van der Waals surface area (Å²) in [5.41, 5.74) is 2.71. The first kappa shape index (κ1) is 25.9. The van der Waals surface area contributed by atoms with Crippen LogP contribution in [0.5, 0.6) is 11.5 Å². The topological polar surface area (TPSA) is 56.8 Å². The number of nitrogens with one attached hydrogen (secondary N) is 1. The van der Waals surface area contributed by atoms with Crippen molar-refractivity contribution in [1.29, 1.82) is 0 Å². The van der Waals surface area contributed by atoms with E-state index in [0.29, 0.717) is 23.7 Å². The summed E-state index contributed by atoms with van der Waals surface area (Å²) in [6.45, 7) is 14.0. The first-order valence-corrected chi connectivity index (χ1v) is 14.2. The van der Waals surface area contributed by atoms with Gasteiger partial charge in [0.25, 0.3) is 5.91 Å². The lowest BCUT2D eigenvalue weighted by Crippen LogP contribution is -2.41. The monoisotopic (exact) mass is 457 g/mol. The minimum atomic E-state index is -1.75. The number of hydrogen-bond acceptors (Lipinski definition) is 4. The molecule has 5 nitrogen and oxygen atoms in total. The summed E-state index contributed by atoms with van der Waals surface area (Å²) in [5.74, 6) is 1.24. The molecular weight excluding hydrogens is 418 g/mol. The van der Waals surface area contributed by atoms with Crippen molar-refractivity contribution < 1.29 is 18.7 Å². The molecule has 1 atom stereocenters. The van der Waals surface area contributed by atoms with E-state index in [1.807, 2.05) is 49.4 Å². The summed E-state index contributed by atoms with van der Waals surface area (Å²) in [6, 6.07) is 13.3. The average molecular weight is 458 g/mol. The molecule has 0 aliphatic rings. The van der Waals surface area contributed by atoms with Gasteiger partial charge in [0, 0.05) is 12.2 Å². The number of carbonyl (C=O) groups is 1. The molecule has 0 heterocycles. The van der Waals surface area contributed by atoms with Gasteiger partial charge in [0.2, 0.25) is 0 Å². The quantitative estimate of drug-likeness (QED) is 0.343. The Bertz CT molecular complexity index is 905. The number of methoxy groups -OCH3 is 2. The molecule has 0 saturated heterocycles. The van der Waals surface area contributed by atoms with Crippen LogP contribution in [0.1, 0.15) is 61.6 Å². The lowest BCUT2D eigenvalue weighted by Gasteiger charge is -2.36. The fourth-order valence-electron chi connectivity index (χ4n) is 3.25. The SMILES string of the molecule is COc1ccc([C@@H](C)NC(=O)c2ccccc2CCCO[Si](C)(C)C(C)(C)C)cc1OC. The Labute approximate surface area is 194 Å². The lowest BCUT2D eigenvalue weighted by molar-refractivity contribution is 0.0938. The smallest absolute Gasteiger partial charge is 0.252 e. The molecule has 0 spiro atoms. The lowest BCUT2D eigenvalue weighted by atomic mass is 10.0. The number of ether oxygens (including phenoxy) is 2. The maximum Gasteiger partial charge on any atom is 0.252 e. The molecule has 0 radical (unpaired) electrons. The van der Waals surface area contributed by atoms with Gasteiger partial charge in [0.05, 0.1) is 20.3 Å². The summed E-state index contributed by atoms with van der Waals surface area (Å²) in [4.78, 5) is 13.1. The average Bonchev–Trinajstić information content (AvgIpc) is 2.75. The molecule has 0 unspecified atom stereocenters. The highest BCUT2D eigenvalue weighted by Crippen LogP contribution is 2.36. The van der Waals surface area contributed by atoms with Crippen molar-refractivity contribution in [1.82, 2.24) is 5.32 Å². The van der Waals surface area contributed by atoms with E-state index >= 15 is 0 Å². The highest BCUT2D eigenvalue weighted by Gasteiger charge is 2.36. The van der Waals surface area contributed by atoms with Gasteiger partial charge in [0.1, 0.15) is 0 Å². The van der Waals surface area contributed by atoms with Crippen LogP contribution in [0.2, 0.25) is 18.1 Å². The Hall–Kier alpha value is -2.31. The van der Waals surface area contributed by atoms with Gasteiger partial charge < -0.3 is 19.2 Å². The molecule has 0 fully saturated rings. The van der Waals surface area contributed by atoms with E-state index in [1.165, 1.54) is 0 Å². The molecule has 2 aromatic rings. The zero-order valence-electron chi connectivity index (χ0n) is 20.9. The fraction of sp³-hybridized carbons (Fsp3) is 0.500. The van der Waals surface area contributed by atoms with Crippen LogP contribution in [0.15, 0.2) is 42.5 Å². The van der Waals surface area contributed by atoms with E-state index in [0.717, 1.165) is 24.0 Å². The molecular formula is C26H39NO4Si. The molecule has 2 aromatic carbocycles. The van der Waals surface area contributed by atoms with Gasteiger partial charge in [-0.2, -0.15) is 0 Å². The third-order valence-corrected chi connectivity index (χ3v) is 10.9. The normalized spacial score (nSPS) is 12.9. The van der Waals surface area contributed by atoms with Crippen LogP contribution < -0.4 is 14.8 Å². The maximum atomic E-state index is 13.1. The number of carbonyl (C=O) groups excluding carboxylic acids is 1. The Morgan fingerprint density at radius 2 is 1.69 bits per heavy atom. The van der Waals surface area contributed by atoms with Crippen molar-refractivity contribution in [3.05, 3.63) is 59.2 Å². The predicted octanol–water partition coefficient (Wildman–Crippen LogP) is 6.15. The van der Waals surface area contributed by atoms with Crippen molar-refractivity contribution in [3.63, 3.8) is 0 Å². The van der Waals surface area contributed by atoms with Crippen molar-refractivity contribution >= 4 is 14.2 Å². The minimum absolute atomic E-state index is 0.0757. The van der Waals surface area contributed by atoms with Gasteiger partial charge in [-0.25, -0.2) is 0 Å². The second kappa shape index (κ2) is 11.0. The molecule has 1 N–H and O–H groups in total. The van der Waals surface area contributed by atoms with Crippen molar-refractivity contribution in [2.45, 2.75) is 64.7 Å². The van der Waals surface area contributed by atoms with Gasteiger partial charge in [-0.15, -0.1) is 0 Å². The van der Waals surface area contributed by atoms with Gasteiger partial charge >= 0.3 is 0 Å². The standard InChI is InChI=1S/C26H39NO4Si/c1-19(21-15-16-23(29-5)24(18-21)30-6)27-25(28)22-14-10-9-12-20(22)13-11-17-31-32(7,8)26(2,3)4/h9-10,12,14-16,18-19H,11,13,17H2,1-8H3,(H,27,28)/t19-/m1/s1. The summed E-state index contributed by atoms with van der Waals surface area (Å²) in [7, 11) is 1.46. The second-order valence-electron chi connectivity index (χ2n) is 9.68. The maximum absolute atomic E-state index is 13.1. The molecule has 32 heavy (non-hydrogen) atoms. The van der Waals surface area contributed by atoms with E-state index in [9.17, 15) is 4.79 Å². The van der Waals surface area contributed by atoms with Crippen LogP contribution in [-0.2, 0) is 10.8 Å². The highest BCUT2D eigenvalue weighted by atomic mass is 28.4. The number of amides is 1. The highest BCUT2D eigenvalue weighted by molar-refractivity contribution is 6.74. The zero-order valence-corrected chi connectivity index (χ0v) is 21.9. The second-order valence-corrected chi connectivity index (χ2v) is 14.5. The first-order valence-electron chi connectivity index (χ1n) is 11.2. The summed E-state index contributed by atoms with van der Waals surface area (Å²) >= 11 is 0. The van der Waals surface area contributed by atoms with Gasteiger partial charge in [-0.1, -0.05) is 45.0 Å². The predicted molar refractivity (Wildman–Crippen MR) is 133 cm³/mol. The Balaban J connectivity index is 2.03. The van der Waals surface area contributed by atoms with Crippen molar-refractivity contribution in [3.8, 4) is 11.5 Å². The number of hydrogen-bond donors (Lipinski definition) is 1. The van der Waals surface area contributed by atoms with Crippen molar-refractivity contribution in [2.75, 3.05) is 20.8 Å². The zero-order chi connectivity index (χ0) is 23.9. The summed E-state index contributed by atoms with van der Waals surface area (Å²) < 4.78 is 17.0. The fourth-order valence-corrected chi connectivity index (χ4v) is 4.33. The molecule has 0 bridgehead atoms. The van der Waals surface area contributed by atoms with E-state index in [2.05, 4.69) is 39.2 Å². The summed E-state index contributed by atoms with van der Waals surface area (Å²) in [5, 5.41) is 3.32. The van der Waals surface area contributed by atoms with Gasteiger partial charge in [-0.05, 0) is 67.2 Å². The number of aryl methyl sites for hydroxylation is 1. The third-order valence-electron chi connectivity index (χ3n) is 6.38. The Morgan fingerprint density at radius 1 is 1.03 bits per heavy atom. The van der Waals surface area contributed by atoms with Gasteiger partial charge in [-0.3, -0.25) is 4.79 Å². The number of rotatable bonds is 10. The largest absolute Gasteiger partial charge is 0.493 e. The Kier molecular flexibility index (Phi) is 8.93. The van der Waals surface area contributed by atoms with Crippen LogP contribution in [0, 0.1) is 0 Å². The van der Waals surface area contributed by atoms with Crippen LogP contribution in [-0.4, -0.2) is 35.1 Å². The van der Waals surface area contributed by atoms with E-state index in [4.69, 9.17) is 13.9 Å². The molecule has 0 saturated carbocycles. The van der Waals surface area contributed by atoms with E-state index in [1.54, 1.807) is 14.2 Å². The molecule has 6 heteroatoms. The van der Waals surface area contributed by atoms with Crippen LogP contribution >= 0.6 is 0 Å². The molecule has 176 valence electrons. The van der Waals surface area contributed by atoms with Crippen LogP contribution in [0.3, 0.4) is 0 Å².